The normalized spacial score (nSPS) is 26.7. The summed E-state index contributed by atoms with van der Waals surface area (Å²) in [6, 6.07) is 0. The van der Waals surface area contributed by atoms with Crippen LogP contribution in [0.25, 0.3) is 0 Å². The summed E-state index contributed by atoms with van der Waals surface area (Å²) < 4.78 is 4.68. The Morgan fingerprint density at radius 1 is 1.59 bits per heavy atom. The van der Waals surface area contributed by atoms with E-state index in [9.17, 15) is 4.79 Å². The molecule has 1 rings (SSSR count). The molecule has 0 aromatic carbocycles. The average molecular weight is 242 g/mol. The molecule has 1 aliphatic carbocycles. The number of nitrogens with zero attached hydrogens (tertiary/aromatic N) is 1. The van der Waals surface area contributed by atoms with Crippen molar-refractivity contribution in [3.63, 3.8) is 0 Å². The molecule has 4 nitrogen and oxygen atoms in total. The van der Waals surface area contributed by atoms with Crippen molar-refractivity contribution in [3.05, 3.63) is 0 Å². The molecule has 0 aromatic rings. The minimum atomic E-state index is -0.845. The lowest BCUT2D eigenvalue weighted by atomic mass is 9.97. The van der Waals surface area contributed by atoms with Gasteiger partial charge in [-0.2, -0.15) is 0 Å². The van der Waals surface area contributed by atoms with Crippen molar-refractivity contribution in [3.8, 4) is 0 Å². The highest BCUT2D eigenvalue weighted by Gasteiger charge is 2.33. The van der Waals surface area contributed by atoms with Crippen LogP contribution in [0.2, 0.25) is 0 Å². The van der Waals surface area contributed by atoms with Crippen molar-refractivity contribution < 1.29 is 9.53 Å². The van der Waals surface area contributed by atoms with Gasteiger partial charge in [0.25, 0.3) is 0 Å². The zero-order chi connectivity index (χ0) is 13.1. The summed E-state index contributed by atoms with van der Waals surface area (Å²) in [4.78, 5) is 13.7. The first-order valence-corrected chi connectivity index (χ1v) is 6.42. The first-order valence-electron chi connectivity index (χ1n) is 6.42. The number of ether oxygens (including phenoxy) is 1. The Kier molecular flexibility index (Phi) is 4.95. The largest absolute Gasteiger partial charge is 0.468 e. The standard InChI is InChI=1S/C13H26N2O2/c1-10-8-11(10)9-15(3)7-5-6-13(2,14)12(16)17-4/h10-11H,5-9,14H2,1-4H3. The molecule has 0 bridgehead atoms. The molecule has 0 amide bonds. The Balaban J connectivity index is 2.15. The molecule has 0 aromatic heterocycles. The number of hydrogen-bond donors (Lipinski definition) is 1. The van der Waals surface area contributed by atoms with Gasteiger partial charge >= 0.3 is 5.97 Å². The van der Waals surface area contributed by atoms with E-state index in [4.69, 9.17) is 5.73 Å². The van der Waals surface area contributed by atoms with Gasteiger partial charge in [0, 0.05) is 6.54 Å². The Bertz CT molecular complexity index is 266. The van der Waals surface area contributed by atoms with E-state index in [-0.39, 0.29) is 5.97 Å². The number of carbonyl (C=O) groups is 1. The molecule has 100 valence electrons. The number of nitrogens with two attached hydrogens (primary N) is 1. The molecule has 17 heavy (non-hydrogen) atoms. The van der Waals surface area contributed by atoms with Crippen LogP contribution in [-0.2, 0) is 9.53 Å². The molecule has 4 heteroatoms. The summed E-state index contributed by atoms with van der Waals surface area (Å²) in [5.41, 5.74) is 5.05. The van der Waals surface area contributed by atoms with Crippen LogP contribution in [0, 0.1) is 11.8 Å². The molecular weight excluding hydrogens is 216 g/mol. The summed E-state index contributed by atoms with van der Waals surface area (Å²) in [6.45, 7) is 6.20. The van der Waals surface area contributed by atoms with Crippen molar-refractivity contribution in [1.29, 1.82) is 0 Å². The van der Waals surface area contributed by atoms with Crippen molar-refractivity contribution in [2.45, 2.75) is 38.6 Å². The van der Waals surface area contributed by atoms with Gasteiger partial charge in [0.2, 0.25) is 0 Å². The van der Waals surface area contributed by atoms with Gasteiger partial charge in [-0.1, -0.05) is 6.92 Å². The van der Waals surface area contributed by atoms with E-state index in [1.54, 1.807) is 6.92 Å². The van der Waals surface area contributed by atoms with Crippen LogP contribution >= 0.6 is 0 Å². The maximum Gasteiger partial charge on any atom is 0.325 e. The van der Waals surface area contributed by atoms with Gasteiger partial charge in [-0.15, -0.1) is 0 Å². The summed E-state index contributed by atoms with van der Waals surface area (Å²) in [6.07, 6.45) is 2.96. The Morgan fingerprint density at radius 3 is 2.65 bits per heavy atom. The van der Waals surface area contributed by atoms with Crippen LogP contribution in [0.15, 0.2) is 0 Å². The number of methoxy groups -OCH3 is 1. The fourth-order valence-corrected chi connectivity index (χ4v) is 2.20. The third-order valence-electron chi connectivity index (χ3n) is 3.71. The molecule has 3 unspecified atom stereocenters. The molecule has 0 saturated heterocycles. The second-order valence-electron chi connectivity index (χ2n) is 5.75. The third-order valence-corrected chi connectivity index (χ3v) is 3.71. The molecule has 1 aliphatic rings. The summed E-state index contributed by atoms with van der Waals surface area (Å²) in [5.74, 6) is 1.45. The molecule has 3 atom stereocenters. The van der Waals surface area contributed by atoms with Crippen LogP contribution in [0.1, 0.15) is 33.1 Å². The van der Waals surface area contributed by atoms with E-state index in [1.807, 2.05) is 0 Å². The smallest absolute Gasteiger partial charge is 0.325 e. The highest BCUT2D eigenvalue weighted by Crippen LogP contribution is 2.37. The van der Waals surface area contributed by atoms with Crippen molar-refractivity contribution in [2.75, 3.05) is 27.2 Å². The average Bonchev–Trinajstić information content (AvgIpc) is 2.92. The zero-order valence-corrected chi connectivity index (χ0v) is 11.5. The first-order chi connectivity index (χ1) is 7.86. The van der Waals surface area contributed by atoms with E-state index in [1.165, 1.54) is 20.1 Å². The minimum Gasteiger partial charge on any atom is -0.468 e. The van der Waals surface area contributed by atoms with Crippen molar-refractivity contribution in [1.82, 2.24) is 4.90 Å². The number of carbonyl (C=O) groups excluding carboxylic acids is 1. The molecule has 1 fully saturated rings. The molecule has 2 N–H and O–H groups in total. The van der Waals surface area contributed by atoms with E-state index < -0.39 is 5.54 Å². The number of esters is 1. The maximum absolute atomic E-state index is 11.4. The molecule has 1 saturated carbocycles. The Morgan fingerprint density at radius 2 is 2.18 bits per heavy atom. The van der Waals surface area contributed by atoms with E-state index in [2.05, 4.69) is 23.6 Å². The van der Waals surface area contributed by atoms with Gasteiger partial charge in [0.1, 0.15) is 5.54 Å². The fourth-order valence-electron chi connectivity index (χ4n) is 2.20. The van der Waals surface area contributed by atoms with Crippen LogP contribution < -0.4 is 5.73 Å². The Labute approximate surface area is 104 Å². The van der Waals surface area contributed by atoms with Crippen molar-refractivity contribution >= 4 is 5.97 Å². The number of hydrogen-bond acceptors (Lipinski definition) is 4. The van der Waals surface area contributed by atoms with Crippen molar-refractivity contribution in [2.24, 2.45) is 17.6 Å². The molecule has 0 aliphatic heterocycles. The highest BCUT2D eigenvalue weighted by molar-refractivity contribution is 5.79. The number of rotatable bonds is 7. The monoisotopic (exact) mass is 242 g/mol. The predicted octanol–water partition coefficient (Wildman–Crippen LogP) is 1.24. The van der Waals surface area contributed by atoms with E-state index in [0.717, 1.165) is 24.8 Å². The molecule has 0 spiro atoms. The van der Waals surface area contributed by atoms with Crippen LogP contribution in [0.3, 0.4) is 0 Å². The SMILES string of the molecule is COC(=O)C(C)(N)CCCN(C)CC1CC1C. The minimum absolute atomic E-state index is 0.323. The van der Waals surface area contributed by atoms with Gasteiger partial charge < -0.3 is 15.4 Å². The summed E-state index contributed by atoms with van der Waals surface area (Å²) >= 11 is 0. The second-order valence-corrected chi connectivity index (χ2v) is 5.75. The van der Waals surface area contributed by atoms with Crippen LogP contribution in [-0.4, -0.2) is 43.7 Å². The fraction of sp³-hybridized carbons (Fsp3) is 0.923. The van der Waals surface area contributed by atoms with E-state index >= 15 is 0 Å². The van der Waals surface area contributed by atoms with Gasteiger partial charge in [-0.05, 0) is 51.6 Å². The second kappa shape index (κ2) is 5.83. The summed E-state index contributed by atoms with van der Waals surface area (Å²) in [5, 5.41) is 0. The zero-order valence-electron chi connectivity index (χ0n) is 11.5. The van der Waals surface area contributed by atoms with E-state index in [0.29, 0.717) is 6.42 Å². The first kappa shape index (κ1) is 14.5. The predicted molar refractivity (Wildman–Crippen MR) is 68.6 cm³/mol. The van der Waals surface area contributed by atoms with Crippen LogP contribution in [0.4, 0.5) is 0 Å². The molecule has 0 radical (unpaired) electrons. The lowest BCUT2D eigenvalue weighted by Gasteiger charge is -2.23. The van der Waals surface area contributed by atoms with Gasteiger partial charge in [0.05, 0.1) is 7.11 Å². The third kappa shape index (κ3) is 4.64. The molecule has 0 heterocycles. The molecular formula is C13H26N2O2. The lowest BCUT2D eigenvalue weighted by molar-refractivity contribution is -0.146. The van der Waals surface area contributed by atoms with Crippen LogP contribution in [0.5, 0.6) is 0 Å². The Hall–Kier alpha value is -0.610. The topological polar surface area (TPSA) is 55.6 Å². The summed E-state index contributed by atoms with van der Waals surface area (Å²) in [7, 11) is 3.52. The van der Waals surface area contributed by atoms with Gasteiger partial charge in [0.15, 0.2) is 0 Å². The van der Waals surface area contributed by atoms with Gasteiger partial charge in [-0.25, -0.2) is 0 Å². The quantitative estimate of drug-likeness (QED) is 0.683. The highest BCUT2D eigenvalue weighted by atomic mass is 16.5. The van der Waals surface area contributed by atoms with Gasteiger partial charge in [-0.3, -0.25) is 4.79 Å². The maximum atomic E-state index is 11.4. The lowest BCUT2D eigenvalue weighted by Crippen LogP contribution is -2.46.